The normalized spacial score (nSPS) is 10.0. The molecule has 2 nitrogen and oxygen atoms in total. The molecule has 0 fully saturated rings. The van der Waals surface area contributed by atoms with Crippen molar-refractivity contribution in [1.82, 2.24) is 0 Å². The van der Waals surface area contributed by atoms with Crippen LogP contribution >= 0.6 is 23.2 Å². The highest BCUT2D eigenvalue weighted by molar-refractivity contribution is 7.73. The predicted molar refractivity (Wildman–Crippen MR) is 64.4 cm³/mol. The molecular formula is C10H10Cl2O2S. The van der Waals surface area contributed by atoms with Crippen molar-refractivity contribution in [3.05, 3.63) is 34.9 Å². The van der Waals surface area contributed by atoms with Gasteiger partial charge < -0.3 is 0 Å². The minimum Gasteiger partial charge on any atom is -0.185 e. The topological polar surface area (TPSA) is 34.1 Å². The molecule has 0 unspecified atom stereocenters. The second-order valence-corrected chi connectivity index (χ2v) is 4.88. The van der Waals surface area contributed by atoms with E-state index >= 15 is 0 Å². The third-order valence-electron chi connectivity index (χ3n) is 1.92. The van der Waals surface area contributed by atoms with Crippen LogP contribution in [-0.2, 0) is 16.7 Å². The van der Waals surface area contributed by atoms with Crippen molar-refractivity contribution < 1.29 is 8.42 Å². The second kappa shape index (κ2) is 6.16. The highest BCUT2D eigenvalue weighted by Gasteiger charge is 2.03. The van der Waals surface area contributed by atoms with Gasteiger partial charge in [-0.2, -0.15) is 8.42 Å². The third kappa shape index (κ3) is 4.24. The number of alkyl halides is 1. The van der Waals surface area contributed by atoms with E-state index in [2.05, 4.69) is 0 Å². The molecule has 1 aromatic rings. The summed E-state index contributed by atoms with van der Waals surface area (Å²) in [6.45, 7) is 0. The van der Waals surface area contributed by atoms with Crippen LogP contribution in [0.15, 0.2) is 24.3 Å². The summed E-state index contributed by atoms with van der Waals surface area (Å²) in [5.41, 5.74) is 0.920. The second-order valence-electron chi connectivity index (χ2n) is 3.02. The third-order valence-corrected chi connectivity index (χ3v) is 3.18. The van der Waals surface area contributed by atoms with Crippen molar-refractivity contribution >= 4 is 38.4 Å². The maximum atomic E-state index is 10.8. The summed E-state index contributed by atoms with van der Waals surface area (Å²) < 4.78 is 21.7. The molecule has 0 atom stereocenters. The summed E-state index contributed by atoms with van der Waals surface area (Å²) in [4.78, 5) is 0.423. The van der Waals surface area contributed by atoms with Gasteiger partial charge in [0.1, 0.15) is 0 Å². The first-order valence-corrected chi connectivity index (χ1v) is 6.36. The highest BCUT2D eigenvalue weighted by Crippen LogP contribution is 2.10. The van der Waals surface area contributed by atoms with E-state index in [1.54, 1.807) is 12.1 Å². The van der Waals surface area contributed by atoms with Crippen LogP contribution in [-0.4, -0.2) is 19.2 Å². The van der Waals surface area contributed by atoms with Gasteiger partial charge in [-0.15, -0.1) is 11.6 Å². The minimum absolute atomic E-state index is 0.316. The number of rotatable bonds is 4. The van der Waals surface area contributed by atoms with Crippen LogP contribution in [0.3, 0.4) is 0 Å². The number of halogens is 2. The van der Waals surface area contributed by atoms with Crippen LogP contribution in [0.2, 0.25) is 5.02 Å². The Labute approximate surface area is 100 Å². The quantitative estimate of drug-likeness (QED) is 0.619. The zero-order valence-corrected chi connectivity index (χ0v) is 10.2. The molecule has 0 aliphatic heterocycles. The Bertz CT molecular complexity index is 441. The van der Waals surface area contributed by atoms with Crippen LogP contribution < -0.4 is 0 Å². The first-order chi connectivity index (χ1) is 7.13. The molecule has 82 valence electrons. The average molecular weight is 265 g/mol. The van der Waals surface area contributed by atoms with E-state index < -0.39 is 10.3 Å². The van der Waals surface area contributed by atoms with Crippen molar-refractivity contribution in [2.45, 2.75) is 12.8 Å². The van der Waals surface area contributed by atoms with Gasteiger partial charge in [0, 0.05) is 17.3 Å². The Morgan fingerprint density at radius 2 is 1.80 bits per heavy atom. The molecule has 0 N–H and O–H groups in total. The fraction of sp³-hybridized carbons (Fsp3) is 0.300. The fourth-order valence-corrected chi connectivity index (χ4v) is 2.19. The van der Waals surface area contributed by atoms with Gasteiger partial charge in [-0.3, -0.25) is 0 Å². The first-order valence-electron chi connectivity index (χ1n) is 4.38. The van der Waals surface area contributed by atoms with Crippen LogP contribution in [0.5, 0.6) is 0 Å². The highest BCUT2D eigenvalue weighted by atomic mass is 35.5. The van der Waals surface area contributed by atoms with Gasteiger partial charge in [0.2, 0.25) is 10.3 Å². The zero-order valence-electron chi connectivity index (χ0n) is 7.91. The van der Waals surface area contributed by atoms with E-state index in [9.17, 15) is 8.42 Å². The lowest BCUT2D eigenvalue weighted by Gasteiger charge is -2.01. The summed E-state index contributed by atoms with van der Waals surface area (Å²) in [5.74, 6) is 0.316. The molecule has 0 aromatic heterocycles. The van der Waals surface area contributed by atoms with E-state index in [1.807, 2.05) is 12.1 Å². The molecule has 0 aliphatic carbocycles. The van der Waals surface area contributed by atoms with Gasteiger partial charge in [0.05, 0.1) is 4.86 Å². The number of benzene rings is 1. The summed E-state index contributed by atoms with van der Waals surface area (Å²) in [7, 11) is -2.16. The average Bonchev–Trinajstić information content (AvgIpc) is 2.20. The molecule has 15 heavy (non-hydrogen) atoms. The molecule has 0 heterocycles. The van der Waals surface area contributed by atoms with Gasteiger partial charge in [0.25, 0.3) is 0 Å². The van der Waals surface area contributed by atoms with Gasteiger partial charge in [-0.05, 0) is 24.1 Å². The summed E-state index contributed by atoms with van der Waals surface area (Å²) in [6, 6.07) is 7.10. The smallest absolute Gasteiger partial charge is 0.185 e. The number of hydrogen-bond donors (Lipinski definition) is 0. The van der Waals surface area contributed by atoms with Crippen molar-refractivity contribution in [1.29, 1.82) is 0 Å². The van der Waals surface area contributed by atoms with Crippen LogP contribution in [0.1, 0.15) is 12.0 Å². The summed E-state index contributed by atoms with van der Waals surface area (Å²) in [5, 5.41) is 0.640. The molecule has 0 spiro atoms. The summed E-state index contributed by atoms with van der Waals surface area (Å²) >= 11 is 11.2. The molecule has 0 saturated heterocycles. The van der Waals surface area contributed by atoms with Crippen LogP contribution in [0.4, 0.5) is 0 Å². The molecule has 0 radical (unpaired) electrons. The Hall–Kier alpha value is -0.510. The Morgan fingerprint density at radius 3 is 2.27 bits per heavy atom. The molecule has 1 rings (SSSR count). The zero-order chi connectivity index (χ0) is 11.3. The molecule has 1 aromatic carbocycles. The van der Waals surface area contributed by atoms with E-state index in [0.29, 0.717) is 28.6 Å². The fourth-order valence-electron chi connectivity index (χ4n) is 1.17. The standard InChI is InChI=1S/C10H10Cl2O2S/c11-6-5-10(15(13)14)7-8-1-3-9(12)4-2-8/h1-4H,5-7H2. The lowest BCUT2D eigenvalue weighted by atomic mass is 10.1. The van der Waals surface area contributed by atoms with Gasteiger partial charge in [-0.1, -0.05) is 23.7 Å². The van der Waals surface area contributed by atoms with E-state index in [0.717, 1.165) is 5.56 Å². The molecular weight excluding hydrogens is 255 g/mol. The maximum absolute atomic E-state index is 10.8. The minimum atomic E-state index is -2.16. The predicted octanol–water partition coefficient (Wildman–Crippen LogP) is 2.56. The van der Waals surface area contributed by atoms with Crippen molar-refractivity contribution in [2.75, 3.05) is 5.88 Å². The van der Waals surface area contributed by atoms with Gasteiger partial charge in [-0.25, -0.2) is 0 Å². The van der Waals surface area contributed by atoms with Crippen molar-refractivity contribution in [3.8, 4) is 0 Å². The summed E-state index contributed by atoms with van der Waals surface area (Å²) in [6.07, 6.45) is 0.792. The van der Waals surface area contributed by atoms with E-state index in [-0.39, 0.29) is 0 Å². The Balaban J connectivity index is 2.85. The Kier molecular flexibility index (Phi) is 5.15. The largest absolute Gasteiger partial charge is 0.213 e. The van der Waals surface area contributed by atoms with Gasteiger partial charge >= 0.3 is 0 Å². The maximum Gasteiger partial charge on any atom is 0.213 e. The van der Waals surface area contributed by atoms with Crippen molar-refractivity contribution in [2.24, 2.45) is 0 Å². The lowest BCUT2D eigenvalue weighted by molar-refractivity contribution is 0.626. The first kappa shape index (κ1) is 12.6. The monoisotopic (exact) mass is 264 g/mol. The number of hydrogen-bond acceptors (Lipinski definition) is 2. The van der Waals surface area contributed by atoms with Crippen LogP contribution in [0, 0.1) is 0 Å². The van der Waals surface area contributed by atoms with E-state index in [1.165, 1.54) is 0 Å². The molecule has 0 amide bonds. The van der Waals surface area contributed by atoms with E-state index in [4.69, 9.17) is 23.2 Å². The SMILES string of the molecule is O=S(=O)=C(CCCl)Cc1ccc(Cl)cc1. The molecule has 0 bridgehead atoms. The Morgan fingerprint density at radius 1 is 1.20 bits per heavy atom. The lowest BCUT2D eigenvalue weighted by Crippen LogP contribution is -2.05. The van der Waals surface area contributed by atoms with Crippen molar-refractivity contribution in [3.63, 3.8) is 0 Å². The molecule has 0 saturated carbocycles. The van der Waals surface area contributed by atoms with Crippen LogP contribution in [0.25, 0.3) is 0 Å². The molecule has 0 aliphatic rings. The molecule has 5 heteroatoms. The van der Waals surface area contributed by atoms with Gasteiger partial charge in [0.15, 0.2) is 0 Å².